The van der Waals surface area contributed by atoms with E-state index < -0.39 is 17.5 Å². The first-order valence-corrected chi connectivity index (χ1v) is 18.0. The molecule has 13 heteroatoms. The van der Waals surface area contributed by atoms with Gasteiger partial charge in [0.05, 0.1) is 16.6 Å². The first-order chi connectivity index (χ1) is 25.1. The summed E-state index contributed by atoms with van der Waals surface area (Å²) < 4.78 is 37.7. The minimum absolute atomic E-state index is 0.00851. The second kappa shape index (κ2) is 13.6. The third-order valence-electron chi connectivity index (χ3n) is 10.7. The number of amides is 1. The fourth-order valence-electron chi connectivity index (χ4n) is 8.21. The first-order valence-electron chi connectivity index (χ1n) is 17.7. The van der Waals surface area contributed by atoms with Gasteiger partial charge in [0.25, 0.3) is 0 Å². The van der Waals surface area contributed by atoms with E-state index in [1.54, 1.807) is 29.3 Å². The highest BCUT2D eigenvalue weighted by Crippen LogP contribution is 2.41. The lowest BCUT2D eigenvalue weighted by atomic mass is 9.95. The van der Waals surface area contributed by atoms with Gasteiger partial charge in [0.1, 0.15) is 35.6 Å². The number of halogens is 3. The number of ether oxygens (including phenoxy) is 1. The number of fused-ring (bicyclic) bond motifs is 3. The highest BCUT2D eigenvalue weighted by molar-refractivity contribution is 6.36. The molecular formula is C39H39ClF2N8O2. The van der Waals surface area contributed by atoms with E-state index >= 15 is 4.39 Å². The Morgan fingerprint density at radius 2 is 1.94 bits per heavy atom. The summed E-state index contributed by atoms with van der Waals surface area (Å²) in [6, 6.07) is 12.8. The summed E-state index contributed by atoms with van der Waals surface area (Å²) in [6.07, 6.45) is 6.74. The Morgan fingerprint density at radius 1 is 1.12 bits per heavy atom. The molecule has 0 N–H and O–H groups in total. The molecule has 3 aliphatic rings. The molecule has 0 bridgehead atoms. The Bertz CT molecular complexity index is 2210. The van der Waals surface area contributed by atoms with E-state index in [1.807, 2.05) is 56.1 Å². The van der Waals surface area contributed by atoms with Gasteiger partial charge in [-0.1, -0.05) is 41.9 Å². The predicted molar refractivity (Wildman–Crippen MR) is 198 cm³/mol. The van der Waals surface area contributed by atoms with E-state index in [2.05, 4.69) is 24.8 Å². The van der Waals surface area contributed by atoms with E-state index in [9.17, 15) is 9.18 Å². The van der Waals surface area contributed by atoms with Gasteiger partial charge in [0.15, 0.2) is 5.82 Å². The summed E-state index contributed by atoms with van der Waals surface area (Å²) in [5.74, 6) is 0.326. The van der Waals surface area contributed by atoms with E-state index in [4.69, 9.17) is 21.3 Å². The van der Waals surface area contributed by atoms with Crippen LogP contribution in [0.25, 0.3) is 39.0 Å². The molecule has 0 aliphatic carbocycles. The molecule has 5 aromatic rings. The van der Waals surface area contributed by atoms with Gasteiger partial charge >= 0.3 is 6.01 Å². The van der Waals surface area contributed by atoms with Crippen LogP contribution < -0.4 is 9.64 Å². The Labute approximate surface area is 305 Å². The van der Waals surface area contributed by atoms with Crippen LogP contribution in [0.4, 0.5) is 14.6 Å². The number of likely N-dealkylation sites (N-methyl/N-ethyl adjacent to an activating group) is 1. The average Bonchev–Trinajstić information content (AvgIpc) is 3.84. The third kappa shape index (κ3) is 6.32. The number of hydrogen-bond donors (Lipinski definition) is 0. The van der Waals surface area contributed by atoms with Crippen LogP contribution in [0.3, 0.4) is 0 Å². The molecule has 0 unspecified atom stereocenters. The number of likely N-dealkylation sites (tertiary alicyclic amines) is 1. The van der Waals surface area contributed by atoms with Gasteiger partial charge in [-0.25, -0.2) is 18.7 Å². The Kier molecular flexibility index (Phi) is 8.99. The normalized spacial score (nSPS) is 21.8. The molecule has 52 heavy (non-hydrogen) atoms. The summed E-state index contributed by atoms with van der Waals surface area (Å²) in [5, 5.41) is 2.45. The molecule has 0 saturated carbocycles. The van der Waals surface area contributed by atoms with Crippen LogP contribution in [0.5, 0.6) is 6.01 Å². The number of rotatable bonds is 8. The minimum Gasteiger partial charge on any atom is -0.461 e. The number of aromatic nitrogens is 5. The zero-order valence-corrected chi connectivity index (χ0v) is 30.1. The smallest absolute Gasteiger partial charge is 0.319 e. The number of pyridine rings is 1. The summed E-state index contributed by atoms with van der Waals surface area (Å²) >= 11 is 6.63. The van der Waals surface area contributed by atoms with Crippen molar-refractivity contribution < 1.29 is 18.3 Å². The fourth-order valence-corrected chi connectivity index (χ4v) is 8.49. The molecule has 268 valence electrons. The van der Waals surface area contributed by atoms with Crippen LogP contribution in [-0.2, 0) is 4.79 Å². The van der Waals surface area contributed by atoms with Crippen LogP contribution in [0.2, 0.25) is 5.02 Å². The zero-order valence-electron chi connectivity index (χ0n) is 29.3. The number of carbonyl (C=O) groups excluding carboxylic acids is 1. The van der Waals surface area contributed by atoms with Gasteiger partial charge < -0.3 is 14.5 Å². The third-order valence-corrected chi connectivity index (χ3v) is 11.0. The summed E-state index contributed by atoms with van der Waals surface area (Å²) in [4.78, 5) is 41.9. The van der Waals surface area contributed by atoms with Crippen molar-refractivity contribution >= 4 is 51.1 Å². The second-order valence-electron chi connectivity index (χ2n) is 14.2. The van der Waals surface area contributed by atoms with Crippen molar-refractivity contribution in [2.45, 2.75) is 57.3 Å². The molecule has 0 spiro atoms. The molecule has 2 aromatic carbocycles. The molecule has 3 aliphatic heterocycles. The van der Waals surface area contributed by atoms with Gasteiger partial charge in [-0.05, 0) is 63.2 Å². The molecule has 1 amide bonds. The number of benzene rings is 2. The molecular weight excluding hydrogens is 686 g/mol. The van der Waals surface area contributed by atoms with Gasteiger partial charge in [-0.15, -0.1) is 0 Å². The predicted octanol–water partition coefficient (Wildman–Crippen LogP) is 6.75. The van der Waals surface area contributed by atoms with Crippen molar-refractivity contribution in [3.05, 3.63) is 82.8 Å². The molecule has 0 radical (unpaired) electrons. The SMILES string of the molecule is Cc1cc(C=CC(=O)N2CC[C@@H](N(C)c3nc(OC[C@@]45CCCN4C[C@H](F)C5)nc4c(F)c(-c5cccc6cccc(Cl)c56)ncc34)C2)nc(C)n1. The standard InChI is InChI=1S/C39H39ClF2N8O2/c1-23-17-27(45-24(2)44-23)11-12-32(51)49-16-13-28(21-49)48(3)37-30-19-43-35(29-9-4-7-25-8-5-10-31(40)33(25)29)34(42)36(30)46-38(47-37)52-22-39-14-6-15-50(39)20-26(41)18-39/h4-5,7-12,17,19,26,28H,6,13-16,18,20-22H2,1-3H3/t26-,28-,39+/m1/s1. The lowest BCUT2D eigenvalue weighted by Gasteiger charge is -2.31. The van der Waals surface area contributed by atoms with E-state index in [0.717, 1.165) is 30.5 Å². The monoisotopic (exact) mass is 724 g/mol. The van der Waals surface area contributed by atoms with Crippen LogP contribution in [0.15, 0.2) is 54.7 Å². The van der Waals surface area contributed by atoms with Gasteiger partial charge in [0, 0.05) is 73.1 Å². The highest BCUT2D eigenvalue weighted by atomic mass is 35.5. The molecule has 6 heterocycles. The molecule has 3 saturated heterocycles. The van der Waals surface area contributed by atoms with Crippen molar-refractivity contribution in [1.29, 1.82) is 0 Å². The summed E-state index contributed by atoms with van der Waals surface area (Å²) in [7, 11) is 1.88. The number of carbonyl (C=O) groups is 1. The highest BCUT2D eigenvalue weighted by Gasteiger charge is 2.49. The van der Waals surface area contributed by atoms with Crippen LogP contribution in [-0.4, -0.2) is 98.2 Å². The molecule has 3 atom stereocenters. The van der Waals surface area contributed by atoms with Crippen LogP contribution in [0.1, 0.15) is 42.9 Å². The minimum atomic E-state index is -0.918. The first kappa shape index (κ1) is 34.3. The Hall–Kier alpha value is -4.81. The largest absolute Gasteiger partial charge is 0.461 e. The number of alkyl halides is 1. The average molecular weight is 725 g/mol. The maximum absolute atomic E-state index is 16.9. The van der Waals surface area contributed by atoms with Gasteiger partial charge in [0.2, 0.25) is 5.91 Å². The van der Waals surface area contributed by atoms with Crippen LogP contribution in [0, 0.1) is 19.7 Å². The molecule has 3 fully saturated rings. The number of nitrogens with zero attached hydrogens (tertiary/aromatic N) is 8. The topological polar surface area (TPSA) is 100 Å². The Morgan fingerprint density at radius 3 is 2.77 bits per heavy atom. The van der Waals surface area contributed by atoms with Crippen molar-refractivity contribution in [3.8, 4) is 17.3 Å². The lowest BCUT2D eigenvalue weighted by molar-refractivity contribution is -0.124. The van der Waals surface area contributed by atoms with E-state index in [0.29, 0.717) is 71.2 Å². The quantitative estimate of drug-likeness (QED) is 0.161. The van der Waals surface area contributed by atoms with Crippen molar-refractivity contribution in [2.24, 2.45) is 0 Å². The van der Waals surface area contributed by atoms with Crippen LogP contribution >= 0.6 is 11.6 Å². The van der Waals surface area contributed by atoms with Gasteiger partial charge in [-0.2, -0.15) is 9.97 Å². The van der Waals surface area contributed by atoms with E-state index in [1.165, 1.54) is 6.08 Å². The zero-order chi connectivity index (χ0) is 36.1. The molecule has 10 nitrogen and oxygen atoms in total. The van der Waals surface area contributed by atoms with E-state index in [-0.39, 0.29) is 35.8 Å². The van der Waals surface area contributed by atoms with Crippen molar-refractivity contribution in [2.75, 3.05) is 44.7 Å². The lowest BCUT2D eigenvalue weighted by Crippen LogP contribution is -2.43. The second-order valence-corrected chi connectivity index (χ2v) is 14.6. The summed E-state index contributed by atoms with van der Waals surface area (Å²) in [6.45, 7) is 6.08. The van der Waals surface area contributed by atoms with Crippen molar-refractivity contribution in [1.82, 2.24) is 34.7 Å². The number of anilines is 1. The van der Waals surface area contributed by atoms with Gasteiger partial charge in [-0.3, -0.25) is 14.7 Å². The maximum Gasteiger partial charge on any atom is 0.319 e. The molecule has 8 rings (SSSR count). The maximum atomic E-state index is 16.9. The Balaban J connectivity index is 1.13. The number of aryl methyl sites for hydroxylation is 2. The van der Waals surface area contributed by atoms with Crippen molar-refractivity contribution in [3.63, 3.8) is 0 Å². The molecule has 3 aromatic heterocycles. The summed E-state index contributed by atoms with van der Waals surface area (Å²) in [5.41, 5.74) is 1.78. The number of hydrogen-bond acceptors (Lipinski definition) is 9. The fraction of sp³-hybridized carbons (Fsp3) is 0.385.